The predicted octanol–water partition coefficient (Wildman–Crippen LogP) is 2.74. The Morgan fingerprint density at radius 2 is 1.82 bits per heavy atom. The predicted molar refractivity (Wildman–Crippen MR) is 106 cm³/mol. The van der Waals surface area contributed by atoms with Gasteiger partial charge in [-0.05, 0) is 18.9 Å². The number of imide groups is 1. The number of piperidine rings is 1. The van der Waals surface area contributed by atoms with Crippen molar-refractivity contribution in [3.63, 3.8) is 0 Å². The summed E-state index contributed by atoms with van der Waals surface area (Å²) in [5, 5.41) is 7.14. The van der Waals surface area contributed by atoms with E-state index in [4.69, 9.17) is 0 Å². The van der Waals surface area contributed by atoms with Crippen molar-refractivity contribution >= 4 is 35.3 Å². The number of halogens is 5. The van der Waals surface area contributed by atoms with Crippen molar-refractivity contribution in [3.05, 3.63) is 23.3 Å². The number of nitrogens with zero attached hydrogens (tertiary/aromatic N) is 4. The molecule has 9 nitrogen and oxygen atoms in total. The minimum atomic E-state index is -4.87. The molecule has 1 saturated carbocycles. The van der Waals surface area contributed by atoms with Crippen LogP contribution in [-0.2, 0) is 11.0 Å². The van der Waals surface area contributed by atoms with E-state index in [1.54, 1.807) is 4.90 Å². The number of carbonyl (C=O) groups is 2. The number of urea groups is 1. The van der Waals surface area contributed by atoms with Crippen molar-refractivity contribution in [3.8, 4) is 0 Å². The molecule has 0 atom stereocenters. The molecule has 176 valence electrons. The van der Waals surface area contributed by atoms with Crippen molar-refractivity contribution < 1.29 is 31.5 Å². The normalized spacial score (nSPS) is 22.1. The van der Waals surface area contributed by atoms with Gasteiger partial charge in [0.05, 0.1) is 11.9 Å². The summed E-state index contributed by atoms with van der Waals surface area (Å²) in [6.07, 6.45) is -1.90. The lowest BCUT2D eigenvalue weighted by atomic mass is 10.1. The number of carbonyl (C=O) groups excluding carboxylic acids is 2. The van der Waals surface area contributed by atoms with Gasteiger partial charge in [-0.1, -0.05) is 0 Å². The molecule has 14 heteroatoms. The van der Waals surface area contributed by atoms with Crippen LogP contribution < -0.4 is 20.9 Å². The van der Waals surface area contributed by atoms with Gasteiger partial charge in [0.25, 0.3) is 11.8 Å². The minimum absolute atomic E-state index is 0.0231. The minimum Gasteiger partial charge on any atom is -0.364 e. The third-order valence-corrected chi connectivity index (χ3v) is 5.64. The topological polar surface area (TPSA) is 104 Å². The molecule has 3 aliphatic rings. The van der Waals surface area contributed by atoms with E-state index in [2.05, 4.69) is 20.6 Å². The van der Waals surface area contributed by atoms with Crippen molar-refractivity contribution in [2.24, 2.45) is 0 Å². The maximum absolute atomic E-state index is 13.9. The van der Waals surface area contributed by atoms with Crippen LogP contribution in [0.4, 0.5) is 38.4 Å². The number of anilines is 2. The molecular weight excluding hydrogens is 453 g/mol. The Morgan fingerprint density at radius 1 is 1.12 bits per heavy atom. The molecule has 2 saturated heterocycles. The Hall–Kier alpha value is -3.45. The van der Waals surface area contributed by atoms with Gasteiger partial charge in [0, 0.05) is 32.0 Å². The molecule has 3 fully saturated rings. The lowest BCUT2D eigenvalue weighted by molar-refractivity contribution is -0.141. The molecule has 3 amide bonds. The molecule has 2 aliphatic heterocycles. The summed E-state index contributed by atoms with van der Waals surface area (Å²) in [5.74, 6) is -3.40. The maximum atomic E-state index is 13.9. The third kappa shape index (κ3) is 4.16. The zero-order valence-corrected chi connectivity index (χ0v) is 17.0. The van der Waals surface area contributed by atoms with Gasteiger partial charge in [0.15, 0.2) is 17.2 Å². The SMILES string of the molecule is O=C1NC(=O)C(=Cc2c(C(F)(F)F)nc3c(NC4CC4)nc(N4CCC(F)(F)CC4)cn23)N1. The number of hydrogen-bond donors (Lipinski definition) is 3. The van der Waals surface area contributed by atoms with E-state index in [0.29, 0.717) is 0 Å². The van der Waals surface area contributed by atoms with E-state index in [0.717, 1.165) is 23.3 Å². The fraction of sp³-hybridized carbons (Fsp3) is 0.474. The highest BCUT2D eigenvalue weighted by atomic mass is 19.4. The van der Waals surface area contributed by atoms with E-state index in [9.17, 15) is 31.5 Å². The molecule has 0 bridgehead atoms. The van der Waals surface area contributed by atoms with E-state index < -0.39 is 48.3 Å². The fourth-order valence-electron chi connectivity index (χ4n) is 3.75. The van der Waals surface area contributed by atoms with Gasteiger partial charge < -0.3 is 15.5 Å². The first-order valence-corrected chi connectivity index (χ1v) is 10.2. The van der Waals surface area contributed by atoms with E-state index >= 15 is 0 Å². The zero-order chi connectivity index (χ0) is 23.5. The van der Waals surface area contributed by atoms with E-state index in [1.807, 2.05) is 5.32 Å². The standard InChI is InChI=1S/C19H18F5N7O2/c20-18(21)3-5-30(6-4-18)12-8-31-11(7-10-16(32)29-17(33)26-10)13(19(22,23)24)28-15(31)14(27-12)25-9-1-2-9/h7-9H,1-6H2,(H,25,27)(H2,26,29,32,33). The van der Waals surface area contributed by atoms with Crippen LogP contribution in [0.2, 0.25) is 0 Å². The van der Waals surface area contributed by atoms with Crippen LogP contribution in [0.3, 0.4) is 0 Å². The molecule has 5 rings (SSSR count). The summed E-state index contributed by atoms with van der Waals surface area (Å²) in [6, 6.07) is -0.837. The highest BCUT2D eigenvalue weighted by Crippen LogP contribution is 2.37. The molecule has 2 aromatic heterocycles. The first-order valence-electron chi connectivity index (χ1n) is 10.2. The molecule has 33 heavy (non-hydrogen) atoms. The van der Waals surface area contributed by atoms with Gasteiger partial charge in [-0.25, -0.2) is 23.5 Å². The van der Waals surface area contributed by atoms with Crippen LogP contribution in [0.15, 0.2) is 11.9 Å². The second-order valence-corrected chi connectivity index (χ2v) is 8.21. The summed E-state index contributed by atoms with van der Waals surface area (Å²) in [7, 11) is 0. The average molecular weight is 471 g/mol. The number of hydrogen-bond acceptors (Lipinski definition) is 6. The Morgan fingerprint density at radius 3 is 2.39 bits per heavy atom. The lowest BCUT2D eigenvalue weighted by Gasteiger charge is -2.32. The Bertz CT molecular complexity index is 1180. The van der Waals surface area contributed by atoms with Gasteiger partial charge in [-0.2, -0.15) is 13.2 Å². The molecular formula is C19H18F5N7O2. The highest BCUT2D eigenvalue weighted by Gasteiger charge is 2.40. The van der Waals surface area contributed by atoms with Crippen molar-refractivity contribution in [1.29, 1.82) is 0 Å². The average Bonchev–Trinajstić information content (AvgIpc) is 3.36. The zero-order valence-electron chi connectivity index (χ0n) is 17.0. The summed E-state index contributed by atoms with van der Waals surface area (Å²) in [4.78, 5) is 33.1. The number of fused-ring (bicyclic) bond motifs is 1. The van der Waals surface area contributed by atoms with Crippen molar-refractivity contribution in [2.45, 2.75) is 43.8 Å². The first kappa shape index (κ1) is 21.4. The monoisotopic (exact) mass is 471 g/mol. The quantitative estimate of drug-likeness (QED) is 0.360. The Kier molecular flexibility index (Phi) is 4.72. The fourth-order valence-corrected chi connectivity index (χ4v) is 3.75. The Labute approximate surface area is 183 Å². The van der Waals surface area contributed by atoms with Gasteiger partial charge >= 0.3 is 12.2 Å². The summed E-state index contributed by atoms with van der Waals surface area (Å²) in [6.45, 7) is -0.0474. The highest BCUT2D eigenvalue weighted by molar-refractivity contribution is 6.14. The molecule has 0 aromatic carbocycles. The van der Waals surface area contributed by atoms with E-state index in [1.165, 1.54) is 6.20 Å². The van der Waals surface area contributed by atoms with Crippen LogP contribution in [0.5, 0.6) is 0 Å². The Balaban J connectivity index is 1.67. The van der Waals surface area contributed by atoms with Crippen molar-refractivity contribution in [2.75, 3.05) is 23.3 Å². The largest absolute Gasteiger partial charge is 0.435 e. The molecule has 4 heterocycles. The van der Waals surface area contributed by atoms with Crippen LogP contribution in [0, 0.1) is 0 Å². The van der Waals surface area contributed by atoms with Gasteiger partial charge in [0.1, 0.15) is 11.5 Å². The summed E-state index contributed by atoms with van der Waals surface area (Å²) in [5.41, 5.74) is -2.27. The molecule has 0 spiro atoms. The van der Waals surface area contributed by atoms with Gasteiger partial charge in [0.2, 0.25) is 0 Å². The number of imidazole rings is 1. The number of nitrogens with one attached hydrogen (secondary N) is 3. The number of rotatable bonds is 4. The van der Waals surface area contributed by atoms with Crippen molar-refractivity contribution in [1.82, 2.24) is 25.0 Å². The van der Waals surface area contributed by atoms with E-state index in [-0.39, 0.29) is 42.1 Å². The number of amides is 3. The summed E-state index contributed by atoms with van der Waals surface area (Å²) < 4.78 is 69.9. The second-order valence-electron chi connectivity index (χ2n) is 8.21. The summed E-state index contributed by atoms with van der Waals surface area (Å²) >= 11 is 0. The number of alkyl halides is 5. The van der Waals surface area contributed by atoms with Crippen LogP contribution in [0.25, 0.3) is 11.7 Å². The van der Waals surface area contributed by atoms with Gasteiger partial charge in [-0.3, -0.25) is 14.5 Å². The molecule has 2 aromatic rings. The van der Waals surface area contributed by atoms with Crippen LogP contribution in [-0.4, -0.2) is 51.4 Å². The second kappa shape index (κ2) is 7.28. The van der Waals surface area contributed by atoms with Gasteiger partial charge in [-0.15, -0.1) is 0 Å². The maximum Gasteiger partial charge on any atom is 0.435 e. The third-order valence-electron chi connectivity index (χ3n) is 5.64. The molecule has 0 radical (unpaired) electrons. The number of aromatic nitrogens is 3. The molecule has 1 aliphatic carbocycles. The molecule has 0 unspecified atom stereocenters. The molecule has 3 N–H and O–H groups in total. The first-order chi connectivity index (χ1) is 15.5. The van der Waals surface area contributed by atoms with Crippen LogP contribution in [0.1, 0.15) is 37.1 Å². The smallest absolute Gasteiger partial charge is 0.364 e. The van der Waals surface area contributed by atoms with Crippen LogP contribution >= 0.6 is 0 Å². The lowest BCUT2D eigenvalue weighted by Crippen LogP contribution is -2.40.